The van der Waals surface area contributed by atoms with Crippen molar-refractivity contribution in [3.05, 3.63) is 35.9 Å². The number of hydrogen-bond donors (Lipinski definition) is 1. The quantitative estimate of drug-likeness (QED) is 0.296. The molecule has 1 N–H and O–H groups in total. The SMILES string of the molecule is COCCOCOCC[NH+](CCOCCOCOC)Cc1ccccc1. The number of quaternary nitrogens is 1. The van der Waals surface area contributed by atoms with Gasteiger partial charge in [-0.1, -0.05) is 30.3 Å². The first kappa shape index (κ1) is 23.0. The Bertz CT molecular complexity index is 388. The van der Waals surface area contributed by atoms with Crippen molar-refractivity contribution in [1.29, 1.82) is 0 Å². The van der Waals surface area contributed by atoms with Gasteiger partial charge in [-0.05, 0) is 0 Å². The van der Waals surface area contributed by atoms with E-state index in [4.69, 9.17) is 28.4 Å². The molecule has 0 saturated heterocycles. The van der Waals surface area contributed by atoms with Crippen molar-refractivity contribution in [2.45, 2.75) is 6.54 Å². The molecule has 0 bridgehead atoms. The van der Waals surface area contributed by atoms with Crippen LogP contribution in [0, 0.1) is 0 Å². The summed E-state index contributed by atoms with van der Waals surface area (Å²) < 4.78 is 31.5. The summed E-state index contributed by atoms with van der Waals surface area (Å²) in [6, 6.07) is 10.5. The fourth-order valence-corrected chi connectivity index (χ4v) is 2.30. The van der Waals surface area contributed by atoms with Crippen LogP contribution >= 0.6 is 0 Å². The molecule has 1 rings (SSSR count). The van der Waals surface area contributed by atoms with Gasteiger partial charge in [-0.25, -0.2) is 0 Å². The number of hydrogen-bond acceptors (Lipinski definition) is 6. The summed E-state index contributed by atoms with van der Waals surface area (Å²) in [4.78, 5) is 1.41. The lowest BCUT2D eigenvalue weighted by atomic mass is 10.2. The molecule has 1 atom stereocenters. The van der Waals surface area contributed by atoms with E-state index >= 15 is 0 Å². The van der Waals surface area contributed by atoms with Gasteiger partial charge in [0.05, 0.1) is 39.6 Å². The molecule has 0 heterocycles. The van der Waals surface area contributed by atoms with Crippen LogP contribution in [0.5, 0.6) is 0 Å². The Morgan fingerprint density at radius 3 is 2.00 bits per heavy atom. The van der Waals surface area contributed by atoms with E-state index in [1.54, 1.807) is 14.2 Å². The summed E-state index contributed by atoms with van der Waals surface area (Å²) in [5.74, 6) is 0. The van der Waals surface area contributed by atoms with E-state index < -0.39 is 0 Å². The molecule has 7 heteroatoms. The molecular formula is C19H34NO6+. The fraction of sp³-hybridized carbons (Fsp3) is 0.684. The van der Waals surface area contributed by atoms with Gasteiger partial charge in [0.15, 0.2) is 0 Å². The smallest absolute Gasteiger partial charge is 0.147 e. The van der Waals surface area contributed by atoms with Gasteiger partial charge in [0.1, 0.15) is 33.2 Å². The van der Waals surface area contributed by atoms with Crippen molar-refractivity contribution in [3.63, 3.8) is 0 Å². The molecule has 0 spiro atoms. The summed E-state index contributed by atoms with van der Waals surface area (Å²) in [6.45, 7) is 6.94. The molecule has 0 aliphatic rings. The molecule has 0 aromatic heterocycles. The predicted molar refractivity (Wildman–Crippen MR) is 98.1 cm³/mol. The van der Waals surface area contributed by atoms with Crippen molar-refractivity contribution in [1.82, 2.24) is 0 Å². The predicted octanol–water partition coefficient (Wildman–Crippen LogP) is 0.346. The average Bonchev–Trinajstić information content (AvgIpc) is 2.67. The maximum Gasteiger partial charge on any atom is 0.147 e. The lowest BCUT2D eigenvalue weighted by Gasteiger charge is -2.20. The maximum atomic E-state index is 5.64. The van der Waals surface area contributed by atoms with Gasteiger partial charge in [-0.15, -0.1) is 0 Å². The van der Waals surface area contributed by atoms with Crippen LogP contribution in [0.1, 0.15) is 5.56 Å². The molecule has 0 radical (unpaired) electrons. The Balaban J connectivity index is 2.21. The zero-order valence-corrected chi connectivity index (χ0v) is 16.1. The standard InChI is InChI=1S/C19H33NO6/c1-21-12-13-26-18-24-11-9-20(16-19-6-4-3-5-7-19)8-10-23-14-15-25-17-22-2/h3-7H,8-18H2,1-2H3/p+1. The van der Waals surface area contributed by atoms with Gasteiger partial charge in [0.2, 0.25) is 0 Å². The second-order valence-electron chi connectivity index (χ2n) is 5.77. The van der Waals surface area contributed by atoms with Crippen molar-refractivity contribution in [2.75, 3.05) is 80.5 Å². The third-order valence-electron chi connectivity index (χ3n) is 3.67. The normalized spacial score (nSPS) is 12.4. The van der Waals surface area contributed by atoms with Gasteiger partial charge >= 0.3 is 0 Å². The van der Waals surface area contributed by atoms with Crippen molar-refractivity contribution >= 4 is 0 Å². The molecule has 1 aromatic carbocycles. The molecule has 0 aliphatic carbocycles. The second kappa shape index (κ2) is 17.4. The summed E-state index contributed by atoms with van der Waals surface area (Å²) in [6.07, 6.45) is 0. The lowest BCUT2D eigenvalue weighted by molar-refractivity contribution is -0.914. The monoisotopic (exact) mass is 372 g/mol. The van der Waals surface area contributed by atoms with Crippen LogP contribution in [0.15, 0.2) is 30.3 Å². The molecule has 0 amide bonds. The summed E-state index contributed by atoms with van der Waals surface area (Å²) in [7, 11) is 3.26. The third kappa shape index (κ3) is 13.2. The van der Waals surface area contributed by atoms with Gasteiger partial charge in [0.25, 0.3) is 0 Å². The van der Waals surface area contributed by atoms with Crippen LogP contribution in [0.2, 0.25) is 0 Å². The highest BCUT2D eigenvalue weighted by Crippen LogP contribution is 1.95. The summed E-state index contributed by atoms with van der Waals surface area (Å²) in [5.41, 5.74) is 1.31. The minimum atomic E-state index is 0.301. The van der Waals surface area contributed by atoms with E-state index in [0.717, 1.165) is 19.6 Å². The lowest BCUT2D eigenvalue weighted by Crippen LogP contribution is -3.11. The van der Waals surface area contributed by atoms with Crippen LogP contribution in [0.4, 0.5) is 0 Å². The highest BCUT2D eigenvalue weighted by molar-refractivity contribution is 5.13. The first-order valence-electron chi connectivity index (χ1n) is 9.03. The van der Waals surface area contributed by atoms with Gasteiger partial charge in [0, 0.05) is 19.8 Å². The van der Waals surface area contributed by atoms with Crippen molar-refractivity contribution in [3.8, 4) is 0 Å². The Labute approximate surface area is 157 Å². The highest BCUT2D eigenvalue weighted by Gasteiger charge is 2.09. The molecule has 0 saturated carbocycles. The molecule has 150 valence electrons. The summed E-state index contributed by atoms with van der Waals surface area (Å²) in [5, 5.41) is 0. The number of benzene rings is 1. The number of methoxy groups -OCH3 is 2. The molecule has 26 heavy (non-hydrogen) atoms. The minimum Gasteiger partial charge on any atom is -0.382 e. The van der Waals surface area contributed by atoms with E-state index in [2.05, 4.69) is 24.3 Å². The average molecular weight is 372 g/mol. The highest BCUT2D eigenvalue weighted by atomic mass is 16.7. The molecule has 7 nitrogen and oxygen atoms in total. The number of ether oxygens (including phenoxy) is 6. The van der Waals surface area contributed by atoms with E-state index in [-0.39, 0.29) is 0 Å². The van der Waals surface area contributed by atoms with Gasteiger partial charge < -0.3 is 33.3 Å². The van der Waals surface area contributed by atoms with Crippen LogP contribution in [-0.4, -0.2) is 80.5 Å². The first-order valence-corrected chi connectivity index (χ1v) is 9.03. The number of nitrogens with one attached hydrogen (secondary N) is 1. The Morgan fingerprint density at radius 2 is 1.27 bits per heavy atom. The van der Waals surface area contributed by atoms with Crippen molar-refractivity contribution in [2.24, 2.45) is 0 Å². The molecule has 1 aromatic rings. The van der Waals surface area contributed by atoms with Gasteiger partial charge in [-0.3, -0.25) is 0 Å². The topological polar surface area (TPSA) is 59.8 Å². The van der Waals surface area contributed by atoms with Crippen LogP contribution < -0.4 is 4.90 Å². The van der Waals surface area contributed by atoms with E-state index in [1.807, 2.05) is 6.07 Å². The van der Waals surface area contributed by atoms with E-state index in [1.165, 1.54) is 10.5 Å². The zero-order valence-electron chi connectivity index (χ0n) is 16.1. The number of rotatable bonds is 18. The minimum absolute atomic E-state index is 0.301. The molecule has 0 fully saturated rings. The Morgan fingerprint density at radius 1 is 0.654 bits per heavy atom. The molecule has 0 aliphatic heterocycles. The molecule has 1 unspecified atom stereocenters. The van der Waals surface area contributed by atoms with Crippen LogP contribution in [0.25, 0.3) is 0 Å². The second-order valence-corrected chi connectivity index (χ2v) is 5.77. The Kier molecular flexibility index (Phi) is 15.3. The van der Waals surface area contributed by atoms with Crippen LogP contribution in [0.3, 0.4) is 0 Å². The van der Waals surface area contributed by atoms with Crippen molar-refractivity contribution < 1.29 is 33.3 Å². The Hall–Kier alpha value is -1.06. The van der Waals surface area contributed by atoms with E-state index in [9.17, 15) is 0 Å². The fourth-order valence-electron chi connectivity index (χ4n) is 2.30. The zero-order chi connectivity index (χ0) is 18.7. The maximum absolute atomic E-state index is 5.64. The van der Waals surface area contributed by atoms with Gasteiger partial charge in [-0.2, -0.15) is 0 Å². The molecular weight excluding hydrogens is 338 g/mol. The third-order valence-corrected chi connectivity index (χ3v) is 3.67. The largest absolute Gasteiger partial charge is 0.382 e. The van der Waals surface area contributed by atoms with E-state index in [0.29, 0.717) is 53.2 Å². The van der Waals surface area contributed by atoms with Crippen LogP contribution in [-0.2, 0) is 35.0 Å². The first-order chi connectivity index (χ1) is 12.9. The summed E-state index contributed by atoms with van der Waals surface area (Å²) >= 11 is 0.